The number of hydrogen-bond acceptors (Lipinski definition) is 3. The van der Waals surface area contributed by atoms with Gasteiger partial charge in [-0.3, -0.25) is 4.79 Å². The van der Waals surface area contributed by atoms with Crippen molar-refractivity contribution in [3.63, 3.8) is 0 Å². The van der Waals surface area contributed by atoms with Gasteiger partial charge in [0.05, 0.1) is 12.1 Å². The lowest BCUT2D eigenvalue weighted by Crippen LogP contribution is -2.55. The van der Waals surface area contributed by atoms with Crippen LogP contribution in [-0.4, -0.2) is 31.2 Å². The average molecular weight is 228 g/mol. The summed E-state index contributed by atoms with van der Waals surface area (Å²) in [5, 5.41) is 2.95. The van der Waals surface area contributed by atoms with Crippen LogP contribution in [0.1, 0.15) is 33.6 Å². The highest BCUT2D eigenvalue weighted by atomic mass is 16.5. The van der Waals surface area contributed by atoms with Gasteiger partial charge in [0, 0.05) is 6.54 Å². The summed E-state index contributed by atoms with van der Waals surface area (Å²) in [5.74, 6) is 0.936. The Balaban J connectivity index is 2.24. The normalized spacial score (nSPS) is 19.6. The molecule has 0 aromatic carbocycles. The molecular formula is C12H24N2O2. The lowest BCUT2D eigenvalue weighted by atomic mass is 9.88. The van der Waals surface area contributed by atoms with Crippen molar-refractivity contribution in [2.75, 3.05) is 19.8 Å². The number of nitrogens with two attached hydrogens (primary N) is 1. The van der Waals surface area contributed by atoms with E-state index in [1.54, 1.807) is 0 Å². The Hall–Kier alpha value is -0.610. The minimum atomic E-state index is -0.333. The summed E-state index contributed by atoms with van der Waals surface area (Å²) in [5.41, 5.74) is 5.35. The standard InChI is InChI=1S/C12H24N2O2/c1-9(2)12(3,8-13)14-11(15)7-16-6-10-4-5-10/h9-10H,4-8,13H2,1-3H3,(H,14,15). The number of carbonyl (C=O) groups excluding carboxylic acids is 1. The third kappa shape index (κ3) is 4.10. The number of carbonyl (C=O) groups is 1. The largest absolute Gasteiger partial charge is 0.371 e. The number of rotatable bonds is 7. The second-order valence-electron chi connectivity index (χ2n) is 5.28. The molecule has 0 radical (unpaired) electrons. The summed E-state index contributed by atoms with van der Waals surface area (Å²) >= 11 is 0. The molecule has 1 fully saturated rings. The van der Waals surface area contributed by atoms with Gasteiger partial charge in [-0.25, -0.2) is 0 Å². The van der Waals surface area contributed by atoms with Gasteiger partial charge < -0.3 is 15.8 Å². The monoisotopic (exact) mass is 228 g/mol. The van der Waals surface area contributed by atoms with E-state index >= 15 is 0 Å². The minimum Gasteiger partial charge on any atom is -0.371 e. The predicted molar refractivity (Wildman–Crippen MR) is 64.0 cm³/mol. The van der Waals surface area contributed by atoms with Gasteiger partial charge in [-0.05, 0) is 31.6 Å². The second-order valence-corrected chi connectivity index (χ2v) is 5.28. The van der Waals surface area contributed by atoms with Crippen LogP contribution in [0.5, 0.6) is 0 Å². The number of amides is 1. The highest BCUT2D eigenvalue weighted by Crippen LogP contribution is 2.28. The molecule has 4 heteroatoms. The average Bonchev–Trinajstić information content (AvgIpc) is 3.01. The molecule has 94 valence electrons. The van der Waals surface area contributed by atoms with Gasteiger partial charge >= 0.3 is 0 Å². The Labute approximate surface area is 97.9 Å². The van der Waals surface area contributed by atoms with Crippen LogP contribution in [0.25, 0.3) is 0 Å². The lowest BCUT2D eigenvalue weighted by Gasteiger charge is -2.33. The van der Waals surface area contributed by atoms with Gasteiger partial charge in [0.2, 0.25) is 5.91 Å². The molecule has 1 aliphatic carbocycles. The Bertz CT molecular complexity index is 239. The molecule has 16 heavy (non-hydrogen) atoms. The first-order chi connectivity index (χ1) is 7.48. The highest BCUT2D eigenvalue weighted by Gasteiger charge is 2.28. The van der Waals surface area contributed by atoms with E-state index in [2.05, 4.69) is 19.2 Å². The van der Waals surface area contributed by atoms with E-state index in [0.717, 1.165) is 0 Å². The van der Waals surface area contributed by atoms with E-state index in [4.69, 9.17) is 10.5 Å². The molecule has 1 aliphatic rings. The summed E-state index contributed by atoms with van der Waals surface area (Å²) in [4.78, 5) is 11.6. The molecule has 0 aromatic rings. The van der Waals surface area contributed by atoms with Crippen molar-refractivity contribution in [1.29, 1.82) is 0 Å². The number of hydrogen-bond donors (Lipinski definition) is 2. The van der Waals surface area contributed by atoms with Crippen LogP contribution in [0.4, 0.5) is 0 Å². The molecule has 1 atom stereocenters. The zero-order valence-corrected chi connectivity index (χ0v) is 10.6. The molecule has 1 unspecified atom stereocenters. The fourth-order valence-electron chi connectivity index (χ4n) is 1.39. The van der Waals surface area contributed by atoms with Crippen molar-refractivity contribution in [2.24, 2.45) is 17.6 Å². The Kier molecular flexibility index (Phi) is 4.74. The molecule has 0 heterocycles. The van der Waals surface area contributed by atoms with Crippen molar-refractivity contribution < 1.29 is 9.53 Å². The van der Waals surface area contributed by atoms with Crippen LogP contribution in [0.3, 0.4) is 0 Å². The topological polar surface area (TPSA) is 64.3 Å². The van der Waals surface area contributed by atoms with Gasteiger partial charge in [0.15, 0.2) is 0 Å². The molecule has 4 nitrogen and oxygen atoms in total. The molecule has 3 N–H and O–H groups in total. The highest BCUT2D eigenvalue weighted by molar-refractivity contribution is 5.78. The SMILES string of the molecule is CC(C)C(C)(CN)NC(=O)COCC1CC1. The summed E-state index contributed by atoms with van der Waals surface area (Å²) < 4.78 is 5.34. The third-order valence-electron chi connectivity index (χ3n) is 3.41. The minimum absolute atomic E-state index is 0.0673. The maximum absolute atomic E-state index is 11.6. The fourth-order valence-corrected chi connectivity index (χ4v) is 1.39. The van der Waals surface area contributed by atoms with Gasteiger partial charge in [0.25, 0.3) is 0 Å². The maximum Gasteiger partial charge on any atom is 0.246 e. The molecule has 0 aliphatic heterocycles. The van der Waals surface area contributed by atoms with E-state index in [9.17, 15) is 4.79 Å². The molecular weight excluding hydrogens is 204 g/mol. The molecule has 1 saturated carbocycles. The molecule has 1 amide bonds. The zero-order valence-electron chi connectivity index (χ0n) is 10.6. The molecule has 0 bridgehead atoms. The Morgan fingerprint density at radius 2 is 2.19 bits per heavy atom. The van der Waals surface area contributed by atoms with Crippen molar-refractivity contribution in [1.82, 2.24) is 5.32 Å². The predicted octanol–water partition coefficient (Wildman–Crippen LogP) is 0.903. The van der Waals surface area contributed by atoms with Crippen LogP contribution < -0.4 is 11.1 Å². The number of ether oxygens (including phenoxy) is 1. The van der Waals surface area contributed by atoms with Crippen LogP contribution >= 0.6 is 0 Å². The summed E-state index contributed by atoms with van der Waals surface area (Å²) in [6, 6.07) is 0. The van der Waals surface area contributed by atoms with Gasteiger partial charge in [0.1, 0.15) is 6.61 Å². The van der Waals surface area contributed by atoms with E-state index in [1.165, 1.54) is 12.8 Å². The first-order valence-electron chi connectivity index (χ1n) is 6.06. The molecule has 0 spiro atoms. The van der Waals surface area contributed by atoms with Crippen molar-refractivity contribution in [3.05, 3.63) is 0 Å². The van der Waals surface area contributed by atoms with Gasteiger partial charge in [-0.1, -0.05) is 13.8 Å². The Morgan fingerprint density at radius 1 is 1.56 bits per heavy atom. The summed E-state index contributed by atoms with van der Waals surface area (Å²) in [6.45, 7) is 7.39. The quantitative estimate of drug-likeness (QED) is 0.680. The zero-order chi connectivity index (χ0) is 12.2. The van der Waals surface area contributed by atoms with Crippen molar-refractivity contribution in [2.45, 2.75) is 39.2 Å². The first-order valence-corrected chi connectivity index (χ1v) is 6.06. The third-order valence-corrected chi connectivity index (χ3v) is 3.41. The number of nitrogens with one attached hydrogen (secondary N) is 1. The summed E-state index contributed by atoms with van der Waals surface area (Å²) in [6.07, 6.45) is 2.49. The maximum atomic E-state index is 11.6. The van der Waals surface area contributed by atoms with Crippen molar-refractivity contribution in [3.8, 4) is 0 Å². The second kappa shape index (κ2) is 5.64. The lowest BCUT2D eigenvalue weighted by molar-refractivity contribution is -0.128. The van der Waals surface area contributed by atoms with E-state index < -0.39 is 0 Å². The van der Waals surface area contributed by atoms with E-state index in [1.807, 2.05) is 6.92 Å². The Morgan fingerprint density at radius 3 is 2.62 bits per heavy atom. The fraction of sp³-hybridized carbons (Fsp3) is 0.917. The first kappa shape index (κ1) is 13.5. The van der Waals surface area contributed by atoms with Crippen LogP contribution in [0.2, 0.25) is 0 Å². The van der Waals surface area contributed by atoms with Gasteiger partial charge in [-0.15, -0.1) is 0 Å². The van der Waals surface area contributed by atoms with Crippen LogP contribution in [0.15, 0.2) is 0 Å². The summed E-state index contributed by atoms with van der Waals surface area (Å²) in [7, 11) is 0. The molecule has 1 rings (SSSR count). The molecule has 0 saturated heterocycles. The van der Waals surface area contributed by atoms with Gasteiger partial charge in [-0.2, -0.15) is 0 Å². The van der Waals surface area contributed by atoms with E-state index in [-0.39, 0.29) is 18.1 Å². The smallest absolute Gasteiger partial charge is 0.246 e. The molecule has 0 aromatic heterocycles. The van der Waals surface area contributed by atoms with Crippen LogP contribution in [0, 0.1) is 11.8 Å². The van der Waals surface area contributed by atoms with E-state index in [0.29, 0.717) is 25.0 Å². The van der Waals surface area contributed by atoms with Crippen LogP contribution in [-0.2, 0) is 9.53 Å². The van der Waals surface area contributed by atoms with Crippen molar-refractivity contribution >= 4 is 5.91 Å².